The van der Waals surface area contributed by atoms with E-state index in [-0.39, 0.29) is 36.9 Å². The van der Waals surface area contributed by atoms with Crippen LogP contribution in [0.2, 0.25) is 0 Å². The van der Waals surface area contributed by atoms with Gasteiger partial charge in [0.15, 0.2) is 0 Å². The van der Waals surface area contributed by atoms with Crippen LogP contribution in [0.4, 0.5) is 0 Å². The number of hydrogen-bond donors (Lipinski definition) is 0. The van der Waals surface area contributed by atoms with Gasteiger partial charge in [0.2, 0.25) is 0 Å². The van der Waals surface area contributed by atoms with Crippen LogP contribution in [0.1, 0.15) is 67.9 Å². The van der Waals surface area contributed by atoms with Gasteiger partial charge in [-0.25, -0.2) is 0 Å². The van der Waals surface area contributed by atoms with Gasteiger partial charge < -0.3 is 13.8 Å². The van der Waals surface area contributed by atoms with Crippen LogP contribution < -0.4 is 21.2 Å². The first-order valence-electron chi connectivity index (χ1n) is 18.7. The molecule has 52 heavy (non-hydrogen) atoms. The molecule has 0 aliphatic rings. The number of unbranched alkanes of at least 4 members (excludes halogenated alkanes) is 2. The van der Waals surface area contributed by atoms with Gasteiger partial charge in [-0.15, -0.1) is 0 Å². The summed E-state index contributed by atoms with van der Waals surface area (Å²) in [6.45, 7) is 8.07. The molecule has 0 spiro atoms. The van der Waals surface area contributed by atoms with Crippen LogP contribution in [0, 0.1) is 13.8 Å². The average molecular weight is 900 g/mol. The normalized spacial score (nSPS) is 12.0. The van der Waals surface area contributed by atoms with Crippen molar-refractivity contribution in [1.29, 1.82) is 0 Å². The van der Waals surface area contributed by atoms with Crippen LogP contribution in [0.15, 0.2) is 182 Å². The van der Waals surface area contributed by atoms with E-state index in [9.17, 15) is 0 Å². The first kappa shape index (κ1) is 41.6. The first-order chi connectivity index (χ1) is 25.3. The Kier molecular flexibility index (Phi) is 19.4. The molecule has 0 saturated carbocycles. The Labute approximate surface area is 332 Å². The second-order valence-electron chi connectivity index (χ2n) is 13.0. The molecule has 0 fully saturated rings. The van der Waals surface area contributed by atoms with Gasteiger partial charge in [0.1, 0.15) is 0 Å². The SMILES string of the molecule is [CH2-]CCCC(c1ccccc1)C(CCC[CH2-])c1ccccc1.[Pt+2].c1ccc(P(CCCP(c2ccccc2)c2ccccc2)c2ccccc2)cc1. The van der Waals surface area contributed by atoms with E-state index in [2.05, 4.69) is 196 Å². The predicted molar refractivity (Wildman–Crippen MR) is 229 cm³/mol. The van der Waals surface area contributed by atoms with E-state index in [4.69, 9.17) is 0 Å². The third-order valence-corrected chi connectivity index (χ3v) is 14.7. The smallest absolute Gasteiger partial charge is 0.343 e. The average Bonchev–Trinajstić information content (AvgIpc) is 3.21. The Morgan fingerprint density at radius 3 is 0.846 bits per heavy atom. The van der Waals surface area contributed by atoms with Crippen molar-refractivity contribution >= 4 is 37.1 Å². The fourth-order valence-electron chi connectivity index (χ4n) is 6.96. The summed E-state index contributed by atoms with van der Waals surface area (Å²) in [7, 11) is -0.618. The quantitative estimate of drug-likeness (QED) is 0.0632. The minimum absolute atomic E-state index is 0. The van der Waals surface area contributed by atoms with Gasteiger partial charge in [-0.1, -0.05) is 195 Å². The first-order valence-corrected chi connectivity index (χ1v) is 21.8. The fourth-order valence-corrected chi connectivity index (χ4v) is 11.9. The van der Waals surface area contributed by atoms with E-state index in [0.717, 1.165) is 12.8 Å². The van der Waals surface area contributed by atoms with Gasteiger partial charge in [0.05, 0.1) is 0 Å². The van der Waals surface area contributed by atoms with E-state index >= 15 is 0 Å². The van der Waals surface area contributed by atoms with Crippen LogP contribution in [0.25, 0.3) is 0 Å². The molecule has 6 aromatic rings. The second-order valence-corrected chi connectivity index (χ2v) is 17.7. The molecule has 6 rings (SSSR count). The summed E-state index contributed by atoms with van der Waals surface area (Å²) in [5.41, 5.74) is 2.93. The molecule has 0 saturated heterocycles. The number of benzene rings is 6. The predicted octanol–water partition coefficient (Wildman–Crippen LogP) is 12.2. The maximum absolute atomic E-state index is 4.04. The molecule has 270 valence electrons. The molecule has 0 radical (unpaired) electrons. The monoisotopic (exact) mass is 899 g/mol. The van der Waals surface area contributed by atoms with Crippen molar-refractivity contribution in [2.75, 3.05) is 12.3 Å². The van der Waals surface area contributed by atoms with Gasteiger partial charge in [0.25, 0.3) is 0 Å². The van der Waals surface area contributed by atoms with E-state index < -0.39 is 0 Å². The standard InChI is InChI=1S/C27H26P2.C22H28.Pt/c1-5-14-24(15-6-1)28(25-16-7-2-8-17-25)22-13-23-29(26-18-9-3-10-19-26)27-20-11-4-12-21-27;1-3-5-17-21(19-13-9-7-10-14-19)22(18-6-4-2)20-15-11-8-12-16-20;/h1-12,14-21H,13,22-23H2;7-16,21-22H,1-6,17-18H2;/q;-2;+2. The molecule has 3 heteroatoms. The van der Waals surface area contributed by atoms with Crippen molar-refractivity contribution < 1.29 is 21.1 Å². The molecule has 0 bridgehead atoms. The van der Waals surface area contributed by atoms with Crippen LogP contribution in [0.5, 0.6) is 0 Å². The van der Waals surface area contributed by atoms with Crippen LogP contribution in [-0.2, 0) is 21.1 Å². The Hall–Kier alpha value is -3.13. The summed E-state index contributed by atoms with van der Waals surface area (Å²) in [4.78, 5) is 0. The summed E-state index contributed by atoms with van der Waals surface area (Å²) in [6, 6.07) is 66.3. The molecular formula is C49H54P2Pt. The molecule has 2 unspecified atom stereocenters. The molecule has 0 nitrogen and oxygen atoms in total. The van der Waals surface area contributed by atoms with Gasteiger partial charge in [-0.3, -0.25) is 0 Å². The second kappa shape index (κ2) is 24.2. The summed E-state index contributed by atoms with van der Waals surface area (Å²) >= 11 is 0. The summed E-state index contributed by atoms with van der Waals surface area (Å²) in [5, 5.41) is 5.94. The van der Waals surface area contributed by atoms with E-state index in [1.165, 1.54) is 76.8 Å². The molecule has 0 heterocycles. The maximum Gasteiger partial charge on any atom is 2.00 e. The molecule has 0 aliphatic heterocycles. The van der Waals surface area contributed by atoms with Crippen molar-refractivity contribution in [3.8, 4) is 0 Å². The molecule has 6 aromatic carbocycles. The zero-order valence-corrected chi connectivity index (χ0v) is 34.5. The fraction of sp³-hybridized carbons (Fsp3) is 0.224. The molecule has 0 aliphatic carbocycles. The maximum atomic E-state index is 4.04. The Morgan fingerprint density at radius 2 is 0.596 bits per heavy atom. The molecule has 2 atom stereocenters. The summed E-state index contributed by atoms with van der Waals surface area (Å²) < 4.78 is 0. The Bertz CT molecular complexity index is 1520. The molecule has 0 aromatic heterocycles. The van der Waals surface area contributed by atoms with Crippen LogP contribution in [0.3, 0.4) is 0 Å². The minimum atomic E-state index is -0.309. The van der Waals surface area contributed by atoms with Gasteiger partial charge in [-0.05, 0) is 91.6 Å². The van der Waals surface area contributed by atoms with Crippen molar-refractivity contribution in [1.82, 2.24) is 0 Å². The third kappa shape index (κ3) is 13.1. The van der Waals surface area contributed by atoms with Gasteiger partial charge >= 0.3 is 21.1 Å². The topological polar surface area (TPSA) is 0 Å². The summed E-state index contributed by atoms with van der Waals surface area (Å²) in [6.07, 6.45) is 10.5. The third-order valence-electron chi connectivity index (χ3n) is 9.51. The van der Waals surface area contributed by atoms with Crippen LogP contribution in [-0.4, -0.2) is 12.3 Å². The van der Waals surface area contributed by atoms with E-state index in [1.54, 1.807) is 0 Å². The Morgan fingerprint density at radius 1 is 0.346 bits per heavy atom. The van der Waals surface area contributed by atoms with Crippen molar-refractivity contribution in [2.24, 2.45) is 0 Å². The van der Waals surface area contributed by atoms with E-state index in [0.29, 0.717) is 11.8 Å². The van der Waals surface area contributed by atoms with Crippen molar-refractivity contribution in [3.63, 3.8) is 0 Å². The van der Waals surface area contributed by atoms with Gasteiger partial charge in [0, 0.05) is 0 Å². The minimum Gasteiger partial charge on any atom is -0.343 e. The zero-order valence-electron chi connectivity index (χ0n) is 30.5. The number of hydrogen-bond acceptors (Lipinski definition) is 0. The van der Waals surface area contributed by atoms with Gasteiger partial charge in [-0.2, -0.15) is 12.8 Å². The zero-order chi connectivity index (χ0) is 35.4. The molecule has 0 amide bonds. The van der Waals surface area contributed by atoms with E-state index in [1.807, 2.05) is 0 Å². The molecule has 0 N–H and O–H groups in total. The Balaban J connectivity index is 0.000000237. The van der Waals surface area contributed by atoms with Crippen molar-refractivity contribution in [2.45, 2.75) is 56.8 Å². The van der Waals surface area contributed by atoms with Crippen molar-refractivity contribution in [3.05, 3.63) is 207 Å². The summed E-state index contributed by atoms with van der Waals surface area (Å²) in [5.74, 6) is 1.16. The largest absolute Gasteiger partial charge is 2.00 e. The number of rotatable bonds is 17. The van der Waals surface area contributed by atoms with Crippen LogP contribution >= 0.6 is 15.8 Å². The molecular weight excluding hydrogens is 846 g/mol.